The zero-order valence-corrected chi connectivity index (χ0v) is 15.1. The smallest absolute Gasteiger partial charge is 0.242 e. The summed E-state index contributed by atoms with van der Waals surface area (Å²) in [5, 5.41) is 13.3. The van der Waals surface area contributed by atoms with Crippen molar-refractivity contribution in [3.8, 4) is 5.75 Å². The Balaban J connectivity index is 1.70. The molecule has 0 saturated carbocycles. The van der Waals surface area contributed by atoms with Crippen LogP contribution in [0.2, 0.25) is 0 Å². The second kappa shape index (κ2) is 6.86. The van der Waals surface area contributed by atoms with E-state index in [9.17, 15) is 9.90 Å². The van der Waals surface area contributed by atoms with Gasteiger partial charge in [0.2, 0.25) is 5.91 Å². The fourth-order valence-electron chi connectivity index (χ4n) is 3.24. The highest BCUT2D eigenvalue weighted by atomic mass is 16.3. The van der Waals surface area contributed by atoms with Gasteiger partial charge >= 0.3 is 0 Å². The molecular weight excluding hydrogens is 314 g/mol. The van der Waals surface area contributed by atoms with Crippen LogP contribution in [0, 0.1) is 27.7 Å². The third kappa shape index (κ3) is 3.67. The lowest BCUT2D eigenvalue weighted by molar-refractivity contribution is -0.117. The minimum atomic E-state index is -0.355. The second-order valence-electron chi connectivity index (χ2n) is 6.94. The normalized spacial score (nSPS) is 19.8. The van der Waals surface area contributed by atoms with Crippen LogP contribution in [0.25, 0.3) is 0 Å². The van der Waals surface area contributed by atoms with Gasteiger partial charge in [-0.15, -0.1) is 0 Å². The molecule has 0 aromatic heterocycles. The highest BCUT2D eigenvalue weighted by Crippen LogP contribution is 2.33. The monoisotopic (exact) mass is 339 g/mol. The fraction of sp³-hybridized carbons (Fsp3) is 0.350. The molecule has 2 aromatic carbocycles. The van der Waals surface area contributed by atoms with Gasteiger partial charge in [0.25, 0.3) is 0 Å². The summed E-state index contributed by atoms with van der Waals surface area (Å²) in [6.45, 7) is 7.96. The number of aryl methyl sites for hydroxylation is 4. The summed E-state index contributed by atoms with van der Waals surface area (Å²) in [7, 11) is 0. The van der Waals surface area contributed by atoms with Crippen molar-refractivity contribution in [1.82, 2.24) is 10.9 Å². The number of amides is 1. The lowest BCUT2D eigenvalue weighted by Gasteiger charge is -2.15. The Hall–Kier alpha value is -2.37. The van der Waals surface area contributed by atoms with Gasteiger partial charge in [0, 0.05) is 11.3 Å². The molecule has 1 heterocycles. The van der Waals surface area contributed by atoms with Crippen LogP contribution < -0.4 is 16.2 Å². The van der Waals surface area contributed by atoms with E-state index in [0.29, 0.717) is 12.2 Å². The summed E-state index contributed by atoms with van der Waals surface area (Å²) < 4.78 is 0. The summed E-state index contributed by atoms with van der Waals surface area (Å²) >= 11 is 0. The first-order valence-corrected chi connectivity index (χ1v) is 8.54. The third-order valence-corrected chi connectivity index (χ3v) is 4.84. The van der Waals surface area contributed by atoms with Gasteiger partial charge in [-0.25, -0.2) is 10.9 Å². The van der Waals surface area contributed by atoms with Gasteiger partial charge in [0.05, 0.1) is 6.04 Å². The number of hydrogen-bond acceptors (Lipinski definition) is 4. The van der Waals surface area contributed by atoms with Crippen molar-refractivity contribution in [1.29, 1.82) is 0 Å². The van der Waals surface area contributed by atoms with E-state index in [1.165, 1.54) is 5.56 Å². The zero-order chi connectivity index (χ0) is 18.1. The molecule has 2 unspecified atom stereocenters. The molecule has 4 N–H and O–H groups in total. The number of carbonyl (C=O) groups is 1. The number of phenols is 1. The number of hydrogen-bond donors (Lipinski definition) is 4. The van der Waals surface area contributed by atoms with Crippen LogP contribution in [0.4, 0.5) is 5.69 Å². The summed E-state index contributed by atoms with van der Waals surface area (Å²) in [6, 6.07) is 9.34. The standard InChI is InChI=1S/C20H25N3O2/c1-11-7-14(4)19(24)16(8-11)17-10-18(23-22-17)20(25)21-15-6-5-12(2)13(3)9-15/h5-9,17-18,22-24H,10H2,1-4H3,(H,21,25). The molecule has 3 rings (SSSR count). The molecule has 5 heteroatoms. The number of nitrogens with one attached hydrogen (secondary N) is 3. The molecule has 2 aromatic rings. The predicted molar refractivity (Wildman–Crippen MR) is 99.5 cm³/mol. The van der Waals surface area contributed by atoms with Gasteiger partial charge in [-0.2, -0.15) is 0 Å². The number of rotatable bonds is 3. The molecule has 25 heavy (non-hydrogen) atoms. The van der Waals surface area contributed by atoms with E-state index in [-0.39, 0.29) is 18.0 Å². The summed E-state index contributed by atoms with van der Waals surface area (Å²) in [5.74, 6) is 0.210. The Morgan fingerprint density at radius 3 is 2.52 bits per heavy atom. The van der Waals surface area contributed by atoms with E-state index in [2.05, 4.69) is 16.2 Å². The van der Waals surface area contributed by atoms with Crippen molar-refractivity contribution in [3.05, 3.63) is 58.1 Å². The number of anilines is 1. The Labute approximate surface area is 148 Å². The molecule has 1 aliphatic heterocycles. The average Bonchev–Trinajstić information content (AvgIpc) is 3.04. The maximum absolute atomic E-state index is 12.5. The molecule has 1 aliphatic rings. The minimum Gasteiger partial charge on any atom is -0.507 e. The number of benzene rings is 2. The first-order chi connectivity index (χ1) is 11.8. The van der Waals surface area contributed by atoms with Crippen molar-refractivity contribution >= 4 is 11.6 Å². The summed E-state index contributed by atoms with van der Waals surface area (Å²) in [5.41, 5.74) is 12.1. The van der Waals surface area contributed by atoms with Crippen LogP contribution in [-0.4, -0.2) is 17.1 Å². The van der Waals surface area contributed by atoms with Gasteiger partial charge in [-0.05, 0) is 62.9 Å². The van der Waals surface area contributed by atoms with E-state index in [1.54, 1.807) is 0 Å². The van der Waals surface area contributed by atoms with E-state index in [0.717, 1.165) is 27.9 Å². The molecule has 0 spiro atoms. The molecule has 2 atom stereocenters. The third-order valence-electron chi connectivity index (χ3n) is 4.84. The molecule has 0 radical (unpaired) electrons. The Morgan fingerprint density at radius 2 is 1.80 bits per heavy atom. The average molecular weight is 339 g/mol. The van der Waals surface area contributed by atoms with Crippen LogP contribution in [0.1, 0.15) is 40.3 Å². The van der Waals surface area contributed by atoms with Crippen molar-refractivity contribution in [2.24, 2.45) is 0 Å². The van der Waals surface area contributed by atoms with E-state index < -0.39 is 0 Å². The Kier molecular flexibility index (Phi) is 4.79. The SMILES string of the molecule is Cc1cc(C)c(O)c(C2CC(C(=O)Nc3ccc(C)c(C)c3)NN2)c1. The quantitative estimate of drug-likeness (QED) is 0.693. The highest BCUT2D eigenvalue weighted by molar-refractivity contribution is 5.95. The van der Waals surface area contributed by atoms with Crippen LogP contribution >= 0.6 is 0 Å². The van der Waals surface area contributed by atoms with Gasteiger partial charge in [-0.1, -0.05) is 23.8 Å². The van der Waals surface area contributed by atoms with Gasteiger partial charge in [0.15, 0.2) is 0 Å². The lowest BCUT2D eigenvalue weighted by atomic mass is 9.96. The second-order valence-corrected chi connectivity index (χ2v) is 6.94. The van der Waals surface area contributed by atoms with Crippen molar-refractivity contribution in [2.45, 2.75) is 46.2 Å². The van der Waals surface area contributed by atoms with E-state index in [4.69, 9.17) is 0 Å². The maximum atomic E-state index is 12.5. The van der Waals surface area contributed by atoms with Crippen molar-refractivity contribution < 1.29 is 9.90 Å². The van der Waals surface area contributed by atoms with Crippen LogP contribution in [0.15, 0.2) is 30.3 Å². The van der Waals surface area contributed by atoms with Crippen LogP contribution in [0.5, 0.6) is 5.75 Å². The topological polar surface area (TPSA) is 73.4 Å². The molecule has 5 nitrogen and oxygen atoms in total. The van der Waals surface area contributed by atoms with E-state index >= 15 is 0 Å². The van der Waals surface area contributed by atoms with Gasteiger partial charge in [-0.3, -0.25) is 4.79 Å². The fourth-order valence-corrected chi connectivity index (χ4v) is 3.24. The molecule has 1 saturated heterocycles. The number of phenolic OH excluding ortho intramolecular Hbond substituents is 1. The van der Waals surface area contributed by atoms with Crippen LogP contribution in [-0.2, 0) is 4.79 Å². The van der Waals surface area contributed by atoms with Crippen molar-refractivity contribution in [2.75, 3.05) is 5.32 Å². The molecule has 0 bridgehead atoms. The first kappa shape index (κ1) is 17.5. The van der Waals surface area contributed by atoms with Crippen molar-refractivity contribution in [3.63, 3.8) is 0 Å². The highest BCUT2D eigenvalue weighted by Gasteiger charge is 2.31. The molecule has 1 fully saturated rings. The summed E-state index contributed by atoms with van der Waals surface area (Å²) in [4.78, 5) is 12.5. The Bertz CT molecular complexity index is 817. The largest absolute Gasteiger partial charge is 0.507 e. The predicted octanol–water partition coefficient (Wildman–Crippen LogP) is 3.17. The number of aromatic hydroxyl groups is 1. The number of carbonyl (C=O) groups excluding carboxylic acids is 1. The summed E-state index contributed by atoms with van der Waals surface area (Å²) in [6.07, 6.45) is 0.577. The van der Waals surface area contributed by atoms with Gasteiger partial charge in [0.1, 0.15) is 11.8 Å². The zero-order valence-electron chi connectivity index (χ0n) is 15.1. The van der Waals surface area contributed by atoms with E-state index in [1.807, 2.05) is 58.0 Å². The maximum Gasteiger partial charge on any atom is 0.242 e. The Morgan fingerprint density at radius 1 is 1.04 bits per heavy atom. The molecule has 132 valence electrons. The lowest BCUT2D eigenvalue weighted by Crippen LogP contribution is -2.39. The van der Waals surface area contributed by atoms with Crippen LogP contribution in [0.3, 0.4) is 0 Å². The molecule has 0 aliphatic carbocycles. The first-order valence-electron chi connectivity index (χ1n) is 8.54. The van der Waals surface area contributed by atoms with Gasteiger partial charge < -0.3 is 10.4 Å². The molecule has 1 amide bonds. The minimum absolute atomic E-state index is 0.0814. The molecular formula is C20H25N3O2. The number of hydrazine groups is 1.